The van der Waals surface area contributed by atoms with E-state index in [2.05, 4.69) is 15.5 Å². The number of carboxylic acids is 1. The molecule has 0 aliphatic rings. The van der Waals surface area contributed by atoms with Crippen molar-refractivity contribution >= 4 is 40.7 Å². The molecule has 1 heterocycles. The molecule has 0 radical (unpaired) electrons. The monoisotopic (exact) mass is 527 g/mol. The summed E-state index contributed by atoms with van der Waals surface area (Å²) in [6.45, 7) is 6.54. The largest absolute Gasteiger partial charge is 0.481 e. The summed E-state index contributed by atoms with van der Waals surface area (Å²) in [6.07, 6.45) is 0.880. The van der Waals surface area contributed by atoms with Gasteiger partial charge in [-0.15, -0.1) is 0 Å². The molecular formula is C22H37N7O6S. The molecule has 1 rings (SSSR count). The number of Topliss-reactive ketones (excluding diaryl/α,β-unsaturated/α-hetero) is 3. The first-order valence-electron chi connectivity index (χ1n) is 11.9. The second kappa shape index (κ2) is 14.0. The van der Waals surface area contributed by atoms with Crippen molar-refractivity contribution < 1.29 is 29.0 Å². The Balaban J connectivity index is 3.49. The summed E-state index contributed by atoms with van der Waals surface area (Å²) in [7, 11) is 1.53. The highest BCUT2D eigenvalue weighted by molar-refractivity contribution is 7.80. The van der Waals surface area contributed by atoms with Crippen LogP contribution >= 0.6 is 12.2 Å². The molecule has 0 saturated carbocycles. The molecule has 1 aromatic heterocycles. The molecular weight excluding hydrogens is 490 g/mol. The van der Waals surface area contributed by atoms with Crippen LogP contribution in [0.25, 0.3) is 0 Å². The Kier molecular flexibility index (Phi) is 12.2. The summed E-state index contributed by atoms with van der Waals surface area (Å²) in [6, 6.07) is -2.16. The number of rotatable bonds is 16. The van der Waals surface area contributed by atoms with E-state index >= 15 is 0 Å². The van der Waals surface area contributed by atoms with Crippen molar-refractivity contribution in [2.75, 3.05) is 6.54 Å². The molecule has 0 fully saturated rings. The number of aryl methyl sites for hydroxylation is 1. The van der Waals surface area contributed by atoms with Crippen molar-refractivity contribution in [1.29, 1.82) is 0 Å². The lowest BCUT2D eigenvalue weighted by atomic mass is 9.77. The fraction of sp³-hybridized carbons (Fsp3) is 0.727. The first-order chi connectivity index (χ1) is 16.8. The lowest BCUT2D eigenvalue weighted by molar-refractivity contribution is -0.144. The molecule has 0 spiro atoms. The smallest absolute Gasteiger partial charge is 0.342 e. The fourth-order valence-electron chi connectivity index (χ4n) is 3.86. The lowest BCUT2D eigenvalue weighted by Gasteiger charge is -2.44. The van der Waals surface area contributed by atoms with Gasteiger partial charge < -0.3 is 26.2 Å². The van der Waals surface area contributed by atoms with Gasteiger partial charge in [-0.2, -0.15) is 4.68 Å². The highest BCUT2D eigenvalue weighted by atomic mass is 32.1. The van der Waals surface area contributed by atoms with E-state index in [0.717, 1.165) is 0 Å². The Morgan fingerprint density at radius 3 is 2.17 bits per heavy atom. The van der Waals surface area contributed by atoms with Crippen molar-refractivity contribution in [2.24, 2.45) is 24.4 Å². The number of unbranched alkanes of at least 4 members (excludes halogenated alkanes) is 1. The van der Waals surface area contributed by atoms with Gasteiger partial charge in [-0.3, -0.25) is 19.2 Å². The van der Waals surface area contributed by atoms with Gasteiger partial charge in [0.25, 0.3) is 5.17 Å². The Morgan fingerprint density at radius 2 is 1.72 bits per heavy atom. The lowest BCUT2D eigenvalue weighted by Crippen LogP contribution is -2.68. The van der Waals surface area contributed by atoms with E-state index in [0.29, 0.717) is 12.8 Å². The molecule has 5 N–H and O–H groups in total. The molecule has 0 amide bonds. The average Bonchev–Trinajstić information content (AvgIpc) is 3.20. The highest BCUT2D eigenvalue weighted by Gasteiger charge is 2.53. The van der Waals surface area contributed by atoms with Crippen LogP contribution < -0.4 is 16.2 Å². The first-order valence-corrected chi connectivity index (χ1v) is 12.3. The van der Waals surface area contributed by atoms with Gasteiger partial charge in [0, 0.05) is 25.9 Å². The Labute approximate surface area is 215 Å². The molecule has 0 saturated heterocycles. The quantitative estimate of drug-likeness (QED) is 0.197. The summed E-state index contributed by atoms with van der Waals surface area (Å²) >= 11 is 5.52. The van der Waals surface area contributed by atoms with Gasteiger partial charge in [-0.25, -0.2) is 0 Å². The molecule has 3 atom stereocenters. The normalized spacial score (nSPS) is 14.0. The second-order valence-corrected chi connectivity index (χ2v) is 9.29. The minimum absolute atomic E-state index is 0.0445. The third-order valence-electron chi connectivity index (χ3n) is 5.81. The van der Waals surface area contributed by atoms with Crippen LogP contribution in [0.2, 0.25) is 0 Å². The summed E-state index contributed by atoms with van der Waals surface area (Å²) in [5.74, 6) is -3.33. The predicted octanol–water partition coefficient (Wildman–Crippen LogP) is 0.398. The predicted molar refractivity (Wildman–Crippen MR) is 134 cm³/mol. The molecule has 1 aromatic rings. The number of nitrogens with two attached hydrogens (primary N) is 2. The van der Waals surface area contributed by atoms with Crippen molar-refractivity contribution in [1.82, 2.24) is 25.1 Å². The Hall–Kier alpha value is -2.84. The number of tetrazole rings is 1. The molecule has 202 valence electrons. The second-order valence-electron chi connectivity index (χ2n) is 8.94. The number of carbonyl (C=O) groups is 4. The van der Waals surface area contributed by atoms with Crippen LogP contribution in [0.3, 0.4) is 0 Å². The van der Waals surface area contributed by atoms with Crippen molar-refractivity contribution in [3.63, 3.8) is 0 Å². The number of carbonyl (C=O) groups excluding carboxylic acids is 3. The van der Waals surface area contributed by atoms with Crippen molar-refractivity contribution in [3.8, 4) is 6.01 Å². The van der Waals surface area contributed by atoms with Gasteiger partial charge in [-0.05, 0) is 55.8 Å². The van der Waals surface area contributed by atoms with Gasteiger partial charge >= 0.3 is 12.0 Å². The Morgan fingerprint density at radius 1 is 1.14 bits per heavy atom. The van der Waals surface area contributed by atoms with Crippen LogP contribution in [0.4, 0.5) is 0 Å². The number of ketones is 3. The van der Waals surface area contributed by atoms with Crippen LogP contribution in [0.15, 0.2) is 0 Å². The van der Waals surface area contributed by atoms with Crippen LogP contribution in [0.5, 0.6) is 6.01 Å². The topological polar surface area (TPSA) is 197 Å². The third kappa shape index (κ3) is 7.83. The standard InChI is InChI=1S/C22H37N7O6S/c1-6-7-11-29(21(36)35-20-25-26-27-28(20)5)22(18(33)14(3)23,19(34)15(4)24)10-8-9-16(30)13(2)12-17(31)32/h13-15H,6-12,23-24H2,1-5H3,(H,31,32)/t13?,14-,15-/m0/s1. The maximum Gasteiger partial charge on any atom is 0.342 e. The van der Waals surface area contributed by atoms with Crippen LogP contribution in [0.1, 0.15) is 66.2 Å². The number of carboxylic acid groups (broad SMARTS) is 1. The molecule has 14 heteroatoms. The highest BCUT2D eigenvalue weighted by Crippen LogP contribution is 2.30. The molecule has 1 unspecified atom stereocenters. The van der Waals surface area contributed by atoms with Crippen LogP contribution in [-0.4, -0.2) is 82.9 Å². The van der Waals surface area contributed by atoms with E-state index < -0.39 is 41.1 Å². The zero-order valence-corrected chi connectivity index (χ0v) is 22.3. The van der Waals surface area contributed by atoms with E-state index in [4.69, 9.17) is 33.5 Å². The van der Waals surface area contributed by atoms with Gasteiger partial charge in [-0.1, -0.05) is 25.4 Å². The number of hydrogen-bond donors (Lipinski definition) is 3. The number of aromatic nitrogens is 4. The SMILES string of the molecule is CCCCN(C(=S)Oc1nnnn1C)C(CCCC(=O)C(C)CC(=O)O)(C(=O)[C@H](C)N)C(=O)[C@H](C)N. The first kappa shape index (κ1) is 31.2. The average molecular weight is 528 g/mol. The molecule has 0 bridgehead atoms. The number of nitrogens with zero attached hydrogens (tertiary/aromatic N) is 5. The van der Waals surface area contributed by atoms with Gasteiger partial charge in [0.05, 0.1) is 18.5 Å². The molecule has 0 aliphatic carbocycles. The number of aliphatic carboxylic acids is 1. The summed E-state index contributed by atoms with van der Waals surface area (Å²) < 4.78 is 6.92. The van der Waals surface area contributed by atoms with E-state index in [-0.39, 0.29) is 49.2 Å². The molecule has 0 aromatic carbocycles. The third-order valence-corrected chi connectivity index (χ3v) is 6.11. The molecule has 13 nitrogen and oxygen atoms in total. The molecule has 36 heavy (non-hydrogen) atoms. The zero-order valence-electron chi connectivity index (χ0n) is 21.5. The number of thiocarbonyl (C=S) groups is 1. The van der Waals surface area contributed by atoms with E-state index in [1.807, 2.05) is 6.92 Å². The van der Waals surface area contributed by atoms with Gasteiger partial charge in [0.15, 0.2) is 17.1 Å². The van der Waals surface area contributed by atoms with Crippen molar-refractivity contribution in [3.05, 3.63) is 0 Å². The number of hydrogen-bond acceptors (Lipinski definition) is 11. The summed E-state index contributed by atoms with van der Waals surface area (Å²) in [4.78, 5) is 52.2. The Bertz CT molecular complexity index is 929. The maximum atomic E-state index is 13.7. The van der Waals surface area contributed by atoms with E-state index in [1.54, 1.807) is 0 Å². The molecule has 0 aliphatic heterocycles. The van der Waals surface area contributed by atoms with Gasteiger partial charge in [0.2, 0.25) is 0 Å². The minimum Gasteiger partial charge on any atom is -0.481 e. The van der Waals surface area contributed by atoms with E-state index in [9.17, 15) is 19.2 Å². The zero-order chi connectivity index (χ0) is 27.6. The summed E-state index contributed by atoms with van der Waals surface area (Å²) in [5.41, 5.74) is 10.1. The maximum absolute atomic E-state index is 13.7. The number of ether oxygens (including phenoxy) is 1. The van der Waals surface area contributed by atoms with Crippen molar-refractivity contribution in [2.45, 2.75) is 83.8 Å². The summed E-state index contributed by atoms with van der Waals surface area (Å²) in [5, 5.41) is 19.7. The van der Waals surface area contributed by atoms with Crippen LogP contribution in [-0.2, 0) is 26.2 Å². The van der Waals surface area contributed by atoms with E-state index in [1.165, 1.54) is 37.4 Å². The van der Waals surface area contributed by atoms with Gasteiger partial charge in [0.1, 0.15) is 5.78 Å². The van der Waals surface area contributed by atoms with Crippen LogP contribution in [0, 0.1) is 5.92 Å². The minimum atomic E-state index is -1.91. The fourth-order valence-corrected chi connectivity index (χ4v) is 4.18.